The number of hydrogen-bond donors (Lipinski definition) is 1. The molecule has 0 heterocycles. The second-order valence-corrected chi connectivity index (χ2v) is 6.82. The molecule has 4 rings (SSSR count). The maximum Gasteiger partial charge on any atom is 0.331 e. The van der Waals surface area contributed by atoms with Gasteiger partial charge in [0.05, 0.1) is 0 Å². The highest BCUT2D eigenvalue weighted by Crippen LogP contribution is 2.52. The van der Waals surface area contributed by atoms with E-state index in [-0.39, 0.29) is 0 Å². The summed E-state index contributed by atoms with van der Waals surface area (Å²) < 4.78 is 0. The molecule has 2 heteroatoms. The Hall–Kier alpha value is -1.31. The third kappa shape index (κ3) is 1.73. The standard InChI is InChI=1S/C18H22O2/c19-18(20)17-10-9-15-14-6-5-11-3-1-2-4-12(11)13(14)7-8-16(15)17/h7-8,11,14-15H,1-6,9-10H2,(H,19,20). The molecular formula is C18H22O2. The Bertz CT molecular complexity index is 550. The highest BCUT2D eigenvalue weighted by atomic mass is 16.4. The van der Waals surface area contributed by atoms with Crippen molar-refractivity contribution in [1.29, 1.82) is 0 Å². The SMILES string of the molecule is O=C(O)C1=C2C=CC3=C4CCCCC4CCC3C2CC1. The third-order valence-corrected chi connectivity index (χ3v) is 5.98. The van der Waals surface area contributed by atoms with E-state index in [0.29, 0.717) is 17.4 Å². The minimum absolute atomic E-state index is 0.497. The number of carboxylic acids is 1. The van der Waals surface area contributed by atoms with E-state index in [4.69, 9.17) is 0 Å². The van der Waals surface area contributed by atoms with Crippen molar-refractivity contribution >= 4 is 5.97 Å². The zero-order valence-electron chi connectivity index (χ0n) is 11.9. The van der Waals surface area contributed by atoms with Gasteiger partial charge in [0.25, 0.3) is 0 Å². The molecular weight excluding hydrogens is 248 g/mol. The molecule has 1 N–H and O–H groups in total. The Labute approximate surface area is 120 Å². The van der Waals surface area contributed by atoms with Gasteiger partial charge in [-0.25, -0.2) is 4.79 Å². The number of aliphatic carboxylic acids is 1. The molecule has 3 unspecified atom stereocenters. The fourth-order valence-electron chi connectivity index (χ4n) is 5.08. The molecule has 0 aliphatic heterocycles. The van der Waals surface area contributed by atoms with Crippen molar-refractivity contribution in [2.24, 2.45) is 17.8 Å². The van der Waals surface area contributed by atoms with E-state index in [1.54, 1.807) is 11.1 Å². The lowest BCUT2D eigenvalue weighted by molar-refractivity contribution is -0.132. The molecule has 3 atom stereocenters. The van der Waals surface area contributed by atoms with Crippen molar-refractivity contribution in [2.75, 3.05) is 0 Å². The first-order valence-electron chi connectivity index (χ1n) is 8.13. The first-order chi connectivity index (χ1) is 9.75. The van der Waals surface area contributed by atoms with Crippen molar-refractivity contribution in [3.05, 3.63) is 34.4 Å². The average Bonchev–Trinajstić information content (AvgIpc) is 2.91. The van der Waals surface area contributed by atoms with Gasteiger partial charge < -0.3 is 5.11 Å². The molecule has 0 amide bonds. The van der Waals surface area contributed by atoms with E-state index >= 15 is 0 Å². The smallest absolute Gasteiger partial charge is 0.331 e. The van der Waals surface area contributed by atoms with Crippen LogP contribution in [0.1, 0.15) is 51.4 Å². The zero-order valence-corrected chi connectivity index (χ0v) is 11.9. The molecule has 4 aliphatic rings. The van der Waals surface area contributed by atoms with E-state index in [1.807, 2.05) is 0 Å². The van der Waals surface area contributed by atoms with Crippen molar-refractivity contribution in [3.63, 3.8) is 0 Å². The summed E-state index contributed by atoms with van der Waals surface area (Å²) in [4.78, 5) is 11.3. The summed E-state index contributed by atoms with van der Waals surface area (Å²) >= 11 is 0. The summed E-state index contributed by atoms with van der Waals surface area (Å²) in [6.07, 6.45) is 14.3. The molecule has 1 fully saturated rings. The normalized spacial score (nSPS) is 35.7. The zero-order chi connectivity index (χ0) is 13.7. The van der Waals surface area contributed by atoms with Gasteiger partial charge in [-0.3, -0.25) is 0 Å². The minimum Gasteiger partial charge on any atom is -0.478 e. The predicted molar refractivity (Wildman–Crippen MR) is 78.2 cm³/mol. The lowest BCUT2D eigenvalue weighted by Crippen LogP contribution is -2.28. The Balaban J connectivity index is 1.77. The van der Waals surface area contributed by atoms with Gasteiger partial charge in [0.1, 0.15) is 0 Å². The molecule has 20 heavy (non-hydrogen) atoms. The maximum atomic E-state index is 11.3. The maximum absolute atomic E-state index is 11.3. The van der Waals surface area contributed by atoms with E-state index in [2.05, 4.69) is 12.2 Å². The molecule has 0 aromatic rings. The number of hydrogen-bond acceptors (Lipinski definition) is 1. The minimum atomic E-state index is -0.699. The fourth-order valence-corrected chi connectivity index (χ4v) is 5.08. The van der Waals surface area contributed by atoms with Crippen molar-refractivity contribution in [3.8, 4) is 0 Å². The van der Waals surface area contributed by atoms with Gasteiger partial charge >= 0.3 is 5.97 Å². The first kappa shape index (κ1) is 12.4. The Morgan fingerprint density at radius 1 is 0.950 bits per heavy atom. The average molecular weight is 270 g/mol. The molecule has 0 spiro atoms. The van der Waals surface area contributed by atoms with Crippen LogP contribution < -0.4 is 0 Å². The molecule has 1 saturated carbocycles. The van der Waals surface area contributed by atoms with Gasteiger partial charge in [0.2, 0.25) is 0 Å². The predicted octanol–water partition coefficient (Wildman–Crippen LogP) is 4.24. The van der Waals surface area contributed by atoms with Gasteiger partial charge in [-0.05, 0) is 73.8 Å². The number of fused-ring (bicyclic) bond motifs is 4. The number of carbonyl (C=O) groups is 1. The number of carboxylic acid groups (broad SMARTS) is 1. The van der Waals surface area contributed by atoms with E-state index in [1.165, 1.54) is 38.5 Å². The molecule has 0 aromatic carbocycles. The van der Waals surface area contributed by atoms with Gasteiger partial charge in [-0.2, -0.15) is 0 Å². The van der Waals surface area contributed by atoms with Crippen LogP contribution in [0.4, 0.5) is 0 Å². The van der Waals surface area contributed by atoms with Crippen molar-refractivity contribution in [1.82, 2.24) is 0 Å². The molecule has 106 valence electrons. The lowest BCUT2D eigenvalue weighted by Gasteiger charge is -2.40. The van der Waals surface area contributed by atoms with Crippen molar-refractivity contribution in [2.45, 2.75) is 51.4 Å². The van der Waals surface area contributed by atoms with Crippen LogP contribution in [0.3, 0.4) is 0 Å². The molecule has 0 aromatic heterocycles. The Morgan fingerprint density at radius 2 is 1.75 bits per heavy atom. The van der Waals surface area contributed by atoms with Gasteiger partial charge in [0, 0.05) is 5.57 Å². The summed E-state index contributed by atoms with van der Waals surface area (Å²) in [5.41, 5.74) is 5.15. The summed E-state index contributed by atoms with van der Waals surface area (Å²) in [6, 6.07) is 0. The second kappa shape index (κ2) is 4.61. The second-order valence-electron chi connectivity index (χ2n) is 6.82. The van der Waals surface area contributed by atoms with E-state index < -0.39 is 5.97 Å². The van der Waals surface area contributed by atoms with Crippen LogP contribution in [-0.4, -0.2) is 11.1 Å². The van der Waals surface area contributed by atoms with Crippen LogP contribution in [0.15, 0.2) is 34.4 Å². The largest absolute Gasteiger partial charge is 0.478 e. The number of rotatable bonds is 1. The lowest BCUT2D eigenvalue weighted by atomic mass is 9.64. The Kier molecular flexibility index (Phi) is 2.87. The summed E-state index contributed by atoms with van der Waals surface area (Å²) in [5, 5.41) is 9.33. The van der Waals surface area contributed by atoms with Crippen LogP contribution in [-0.2, 0) is 4.79 Å². The van der Waals surface area contributed by atoms with Crippen LogP contribution in [0.2, 0.25) is 0 Å². The fraction of sp³-hybridized carbons (Fsp3) is 0.611. The van der Waals surface area contributed by atoms with Crippen LogP contribution in [0.5, 0.6) is 0 Å². The van der Waals surface area contributed by atoms with Crippen LogP contribution in [0.25, 0.3) is 0 Å². The highest BCUT2D eigenvalue weighted by molar-refractivity contribution is 5.89. The van der Waals surface area contributed by atoms with Crippen LogP contribution in [0, 0.1) is 17.8 Å². The van der Waals surface area contributed by atoms with Gasteiger partial charge in [-0.1, -0.05) is 24.1 Å². The van der Waals surface area contributed by atoms with Crippen molar-refractivity contribution < 1.29 is 9.90 Å². The third-order valence-electron chi connectivity index (χ3n) is 5.98. The summed E-state index contributed by atoms with van der Waals surface area (Å²) in [6.45, 7) is 0. The number of allylic oxidation sites excluding steroid dienone is 5. The monoisotopic (exact) mass is 270 g/mol. The van der Waals surface area contributed by atoms with E-state index in [0.717, 1.165) is 24.3 Å². The van der Waals surface area contributed by atoms with Crippen LogP contribution >= 0.6 is 0 Å². The van der Waals surface area contributed by atoms with Gasteiger partial charge in [0.15, 0.2) is 0 Å². The topological polar surface area (TPSA) is 37.3 Å². The van der Waals surface area contributed by atoms with E-state index in [9.17, 15) is 9.90 Å². The molecule has 0 bridgehead atoms. The highest BCUT2D eigenvalue weighted by Gasteiger charge is 2.40. The molecule has 4 aliphatic carbocycles. The van der Waals surface area contributed by atoms with Gasteiger partial charge in [-0.15, -0.1) is 0 Å². The molecule has 0 saturated heterocycles. The quantitative estimate of drug-likeness (QED) is 0.773. The summed E-state index contributed by atoms with van der Waals surface area (Å²) in [5.74, 6) is 1.26. The Morgan fingerprint density at radius 3 is 2.60 bits per heavy atom. The molecule has 2 nitrogen and oxygen atoms in total. The first-order valence-corrected chi connectivity index (χ1v) is 8.13. The molecule has 0 radical (unpaired) electrons. The summed E-state index contributed by atoms with van der Waals surface area (Å²) in [7, 11) is 0.